The van der Waals surface area contributed by atoms with Crippen LogP contribution >= 0.6 is 11.3 Å². The van der Waals surface area contributed by atoms with Crippen LogP contribution in [-0.4, -0.2) is 31.2 Å². The first kappa shape index (κ1) is 17.5. The van der Waals surface area contributed by atoms with Gasteiger partial charge in [0.15, 0.2) is 0 Å². The van der Waals surface area contributed by atoms with E-state index in [1.807, 2.05) is 0 Å². The fourth-order valence-electron chi connectivity index (χ4n) is 3.34. The summed E-state index contributed by atoms with van der Waals surface area (Å²) < 4.78 is 10.8. The van der Waals surface area contributed by atoms with Crippen molar-refractivity contribution in [3.05, 3.63) is 64.6 Å². The number of thiophene rings is 1. The lowest BCUT2D eigenvalue weighted by Crippen LogP contribution is -2.21. The van der Waals surface area contributed by atoms with Gasteiger partial charge in [-0.05, 0) is 52.1 Å². The first-order chi connectivity index (χ1) is 13.3. The normalized spacial score (nSPS) is 15.5. The highest BCUT2D eigenvalue weighted by molar-refractivity contribution is 7.08. The summed E-state index contributed by atoms with van der Waals surface area (Å²) in [6, 6.07) is 10.2. The molecule has 1 aromatic carbocycles. The molecule has 0 fully saturated rings. The van der Waals surface area contributed by atoms with Gasteiger partial charge >= 0.3 is 5.97 Å². The Morgan fingerprint density at radius 1 is 1.33 bits per heavy atom. The molecule has 138 valence electrons. The van der Waals surface area contributed by atoms with Crippen molar-refractivity contribution in [2.75, 3.05) is 25.6 Å². The highest BCUT2D eigenvalue weighted by Gasteiger charge is 2.23. The number of anilines is 1. The molecule has 6 heteroatoms. The number of nitrogens with one attached hydrogen (secondary N) is 1. The minimum Gasteiger partial charge on any atom is -0.493 e. The average Bonchev–Trinajstić information content (AvgIpc) is 3.26. The molecule has 0 saturated carbocycles. The molecule has 0 bridgehead atoms. The Kier molecular flexibility index (Phi) is 5.07. The largest absolute Gasteiger partial charge is 0.493 e. The van der Waals surface area contributed by atoms with Gasteiger partial charge in [0.1, 0.15) is 5.75 Å². The van der Waals surface area contributed by atoms with E-state index in [0.717, 1.165) is 12.2 Å². The highest BCUT2D eigenvalue weighted by Crippen LogP contribution is 2.37. The van der Waals surface area contributed by atoms with Gasteiger partial charge in [-0.25, -0.2) is 4.79 Å². The lowest BCUT2D eigenvalue weighted by Gasteiger charge is -2.27. The van der Waals surface area contributed by atoms with Gasteiger partial charge in [-0.2, -0.15) is 11.3 Å². The molecule has 4 rings (SSSR count). The Labute approximate surface area is 162 Å². The maximum atomic E-state index is 11.9. The molecule has 1 atom stereocenters. The van der Waals surface area contributed by atoms with Crippen LogP contribution in [0.4, 0.5) is 5.69 Å². The number of pyridine rings is 1. The van der Waals surface area contributed by atoms with Crippen LogP contribution in [0.2, 0.25) is 0 Å². The quantitative estimate of drug-likeness (QED) is 0.657. The molecule has 2 aromatic heterocycles. The van der Waals surface area contributed by atoms with Crippen LogP contribution in [0.15, 0.2) is 53.5 Å². The smallest absolute Gasteiger partial charge is 0.340 e. The van der Waals surface area contributed by atoms with Crippen LogP contribution in [-0.2, 0) is 4.74 Å². The second-order valence-electron chi connectivity index (χ2n) is 6.39. The number of rotatable bonds is 5. The molecule has 0 amide bonds. The first-order valence-electron chi connectivity index (χ1n) is 8.82. The van der Waals surface area contributed by atoms with E-state index in [1.165, 1.54) is 23.8 Å². The number of hydrogen-bond donors (Lipinski definition) is 1. The average molecular weight is 380 g/mol. The van der Waals surface area contributed by atoms with Gasteiger partial charge in [-0.1, -0.05) is 12.1 Å². The minimum absolute atomic E-state index is 0.302. The van der Waals surface area contributed by atoms with Crippen molar-refractivity contribution in [3.8, 4) is 16.9 Å². The van der Waals surface area contributed by atoms with Gasteiger partial charge in [-0.3, -0.25) is 4.98 Å². The van der Waals surface area contributed by atoms with E-state index in [1.54, 1.807) is 29.8 Å². The number of carbonyl (C=O) groups is 1. The number of methoxy groups -OCH3 is 1. The van der Waals surface area contributed by atoms with Crippen molar-refractivity contribution in [3.63, 3.8) is 0 Å². The number of ether oxygens (including phenoxy) is 2. The third kappa shape index (κ3) is 3.66. The molecule has 3 aromatic rings. The second kappa shape index (κ2) is 7.80. The van der Waals surface area contributed by atoms with E-state index < -0.39 is 0 Å². The van der Waals surface area contributed by atoms with Crippen LogP contribution in [0, 0.1) is 0 Å². The van der Waals surface area contributed by atoms with Crippen LogP contribution in [0.5, 0.6) is 5.75 Å². The van der Waals surface area contributed by atoms with Crippen molar-refractivity contribution in [1.82, 2.24) is 4.98 Å². The van der Waals surface area contributed by atoms with Crippen molar-refractivity contribution in [2.45, 2.75) is 12.3 Å². The zero-order chi connectivity index (χ0) is 18.6. The van der Waals surface area contributed by atoms with Gasteiger partial charge in [0.2, 0.25) is 0 Å². The molecule has 1 aliphatic heterocycles. The van der Waals surface area contributed by atoms with Crippen molar-refractivity contribution >= 4 is 23.0 Å². The van der Waals surface area contributed by atoms with Crippen molar-refractivity contribution in [2.24, 2.45) is 0 Å². The van der Waals surface area contributed by atoms with E-state index in [9.17, 15) is 4.79 Å². The van der Waals surface area contributed by atoms with E-state index in [0.29, 0.717) is 30.3 Å². The third-order valence-corrected chi connectivity index (χ3v) is 5.48. The third-order valence-electron chi connectivity index (χ3n) is 4.80. The van der Waals surface area contributed by atoms with Crippen LogP contribution in [0.25, 0.3) is 11.1 Å². The Hall–Kier alpha value is -2.86. The first-order valence-corrected chi connectivity index (χ1v) is 9.76. The van der Waals surface area contributed by atoms with Crippen LogP contribution in [0.1, 0.15) is 28.3 Å². The van der Waals surface area contributed by atoms with Gasteiger partial charge < -0.3 is 14.8 Å². The van der Waals surface area contributed by atoms with Crippen molar-refractivity contribution < 1.29 is 14.3 Å². The summed E-state index contributed by atoms with van der Waals surface area (Å²) in [6.45, 7) is 1.38. The Bertz CT molecular complexity index is 940. The molecule has 0 aliphatic carbocycles. The van der Waals surface area contributed by atoms with Gasteiger partial charge in [-0.15, -0.1) is 0 Å². The molecule has 0 unspecified atom stereocenters. The predicted octanol–water partition coefficient (Wildman–Crippen LogP) is 4.57. The molecule has 27 heavy (non-hydrogen) atoms. The summed E-state index contributed by atoms with van der Waals surface area (Å²) in [5.41, 5.74) is 4.75. The van der Waals surface area contributed by atoms with E-state index >= 15 is 0 Å². The molecule has 0 radical (unpaired) electrons. The minimum atomic E-state index is -0.368. The number of hydrogen-bond acceptors (Lipinski definition) is 6. The summed E-state index contributed by atoms with van der Waals surface area (Å²) in [5, 5.41) is 7.58. The van der Waals surface area contributed by atoms with Gasteiger partial charge in [0, 0.05) is 18.7 Å². The number of fused-ring (bicyclic) bond motifs is 1. The molecule has 1 N–H and O–H groups in total. The topological polar surface area (TPSA) is 60.5 Å². The molecule has 1 aliphatic rings. The zero-order valence-electron chi connectivity index (χ0n) is 15.0. The van der Waals surface area contributed by atoms with E-state index in [-0.39, 0.29) is 5.97 Å². The Balaban J connectivity index is 1.53. The fraction of sp³-hybridized carbons (Fsp3) is 0.238. The lowest BCUT2D eigenvalue weighted by molar-refractivity contribution is 0.0601. The van der Waals surface area contributed by atoms with E-state index in [2.05, 4.69) is 45.3 Å². The summed E-state index contributed by atoms with van der Waals surface area (Å²) in [7, 11) is 1.38. The maximum Gasteiger partial charge on any atom is 0.340 e. The number of nitrogens with zero attached hydrogens (tertiary/aromatic N) is 1. The Morgan fingerprint density at radius 3 is 3.07 bits per heavy atom. The summed E-state index contributed by atoms with van der Waals surface area (Å²) >= 11 is 1.69. The molecular formula is C21H20N2O3S. The molecule has 5 nitrogen and oxygen atoms in total. The molecule has 0 saturated heterocycles. The van der Waals surface area contributed by atoms with E-state index in [4.69, 9.17) is 9.47 Å². The van der Waals surface area contributed by atoms with Crippen LogP contribution in [0.3, 0.4) is 0 Å². The SMILES string of the molecule is COC(=O)c1ccncc1NC[C@@H]1CCOc2cc(-c3ccsc3)ccc21. The van der Waals surface area contributed by atoms with Gasteiger partial charge in [0.25, 0.3) is 0 Å². The monoisotopic (exact) mass is 380 g/mol. The molecule has 3 heterocycles. The highest BCUT2D eigenvalue weighted by atomic mass is 32.1. The fourth-order valence-corrected chi connectivity index (χ4v) is 4.01. The number of benzene rings is 1. The number of carbonyl (C=O) groups excluding carboxylic acids is 1. The number of aromatic nitrogens is 1. The number of esters is 1. The predicted molar refractivity (Wildman–Crippen MR) is 107 cm³/mol. The Morgan fingerprint density at radius 2 is 2.26 bits per heavy atom. The van der Waals surface area contributed by atoms with Gasteiger partial charge in [0.05, 0.1) is 31.2 Å². The molecule has 0 spiro atoms. The lowest BCUT2D eigenvalue weighted by atomic mass is 9.91. The standard InChI is InChI=1S/C21H20N2O3S/c1-25-21(24)18-4-7-22-12-19(18)23-11-15-5-8-26-20-10-14(2-3-17(15)20)16-6-9-27-13-16/h2-4,6-7,9-10,12-13,15,23H,5,8,11H2,1H3/t15-/m0/s1. The molecular weight excluding hydrogens is 360 g/mol. The zero-order valence-corrected chi connectivity index (χ0v) is 15.8. The van der Waals surface area contributed by atoms with Crippen LogP contribution < -0.4 is 10.1 Å². The summed E-state index contributed by atoms with van der Waals surface area (Å²) in [4.78, 5) is 16.0. The summed E-state index contributed by atoms with van der Waals surface area (Å²) in [6.07, 6.45) is 4.17. The van der Waals surface area contributed by atoms with Crippen molar-refractivity contribution in [1.29, 1.82) is 0 Å². The second-order valence-corrected chi connectivity index (χ2v) is 7.17. The maximum absolute atomic E-state index is 11.9. The summed E-state index contributed by atoms with van der Waals surface area (Å²) in [5.74, 6) is 0.875.